The summed E-state index contributed by atoms with van der Waals surface area (Å²) in [4.78, 5) is 34.2. The van der Waals surface area contributed by atoms with Gasteiger partial charge in [-0.05, 0) is 13.0 Å². The Bertz CT molecular complexity index is 394. The molecular formula is C10H11NO4S. The average molecular weight is 241 g/mol. The van der Waals surface area contributed by atoms with Gasteiger partial charge in [0.1, 0.15) is 12.3 Å². The lowest BCUT2D eigenvalue weighted by Gasteiger charge is -2.36. The molecule has 6 heteroatoms. The SMILES string of the molecule is C[C@@]1(/C=C/C=O)S[C@@H]2CC(=O)N2[C@H]1C(=O)O. The number of carboxylic acid groups (broad SMARTS) is 1. The zero-order valence-electron chi connectivity index (χ0n) is 8.62. The number of amides is 1. The van der Waals surface area contributed by atoms with Crippen LogP contribution in [0.15, 0.2) is 12.2 Å². The van der Waals surface area contributed by atoms with E-state index in [1.807, 2.05) is 0 Å². The minimum atomic E-state index is -1.03. The van der Waals surface area contributed by atoms with Crippen LogP contribution in [0, 0.1) is 0 Å². The van der Waals surface area contributed by atoms with Crippen molar-refractivity contribution in [3.8, 4) is 0 Å². The van der Waals surface area contributed by atoms with Crippen molar-refractivity contribution in [2.75, 3.05) is 0 Å². The Morgan fingerprint density at radius 3 is 2.88 bits per heavy atom. The van der Waals surface area contributed by atoms with Crippen LogP contribution in [0.1, 0.15) is 13.3 Å². The second-order valence-corrected chi connectivity index (χ2v) is 5.66. The quantitative estimate of drug-likeness (QED) is 0.436. The third-order valence-electron chi connectivity index (χ3n) is 2.90. The molecule has 1 amide bonds. The summed E-state index contributed by atoms with van der Waals surface area (Å²) < 4.78 is -0.719. The van der Waals surface area contributed by atoms with E-state index in [1.165, 1.54) is 22.7 Å². The highest BCUT2D eigenvalue weighted by Crippen LogP contribution is 2.51. The van der Waals surface area contributed by atoms with Crippen LogP contribution in [-0.4, -0.2) is 44.3 Å². The lowest BCUT2D eigenvalue weighted by atomic mass is 9.96. The van der Waals surface area contributed by atoms with Gasteiger partial charge in [0.05, 0.1) is 16.5 Å². The number of nitrogens with zero attached hydrogens (tertiary/aromatic N) is 1. The Morgan fingerprint density at radius 2 is 2.38 bits per heavy atom. The topological polar surface area (TPSA) is 74.7 Å². The number of carbonyl (C=O) groups is 3. The molecule has 2 saturated heterocycles. The van der Waals surface area contributed by atoms with E-state index < -0.39 is 16.8 Å². The Balaban J connectivity index is 2.32. The molecule has 2 fully saturated rings. The van der Waals surface area contributed by atoms with E-state index in [0.717, 1.165) is 0 Å². The van der Waals surface area contributed by atoms with Crippen molar-refractivity contribution in [1.29, 1.82) is 0 Å². The van der Waals surface area contributed by atoms with Crippen molar-refractivity contribution in [3.63, 3.8) is 0 Å². The summed E-state index contributed by atoms with van der Waals surface area (Å²) in [5.41, 5.74) is 0. The third-order valence-corrected chi connectivity index (χ3v) is 4.43. The van der Waals surface area contributed by atoms with E-state index in [4.69, 9.17) is 5.11 Å². The standard InChI is InChI=1S/C10H11NO4S/c1-10(3-2-4-12)8(9(14)15)11-6(13)5-7(11)16-10/h2-4,7-8H,5H2,1H3,(H,14,15)/b3-2+/t7-,8+,10+/m1/s1. The number of carbonyl (C=O) groups excluding carboxylic acids is 2. The van der Waals surface area contributed by atoms with Gasteiger partial charge in [-0.25, -0.2) is 4.79 Å². The summed E-state index contributed by atoms with van der Waals surface area (Å²) in [6.07, 6.45) is 3.86. The van der Waals surface area contributed by atoms with E-state index in [9.17, 15) is 14.4 Å². The summed E-state index contributed by atoms with van der Waals surface area (Å²) in [5.74, 6) is -1.16. The van der Waals surface area contributed by atoms with Gasteiger partial charge in [0.15, 0.2) is 0 Å². The first-order chi connectivity index (χ1) is 7.49. The number of hydrogen-bond donors (Lipinski definition) is 1. The molecule has 2 heterocycles. The first kappa shape index (κ1) is 11.2. The molecule has 1 N–H and O–H groups in total. The van der Waals surface area contributed by atoms with Crippen LogP contribution in [0.2, 0.25) is 0 Å². The lowest BCUT2D eigenvalue weighted by molar-refractivity contribution is -0.156. The van der Waals surface area contributed by atoms with Gasteiger partial charge in [-0.1, -0.05) is 6.08 Å². The van der Waals surface area contributed by atoms with Crippen molar-refractivity contribution in [2.45, 2.75) is 29.5 Å². The second-order valence-electron chi connectivity index (χ2n) is 4.00. The van der Waals surface area contributed by atoms with Crippen molar-refractivity contribution in [2.24, 2.45) is 0 Å². The first-order valence-electron chi connectivity index (χ1n) is 4.84. The molecule has 86 valence electrons. The highest BCUT2D eigenvalue weighted by molar-refractivity contribution is 8.01. The summed E-state index contributed by atoms with van der Waals surface area (Å²) in [6, 6.07) is -0.875. The van der Waals surface area contributed by atoms with Gasteiger partial charge in [0.2, 0.25) is 5.91 Å². The van der Waals surface area contributed by atoms with Gasteiger partial charge in [-0.15, -0.1) is 11.8 Å². The molecule has 2 aliphatic heterocycles. The summed E-state index contributed by atoms with van der Waals surface area (Å²) in [7, 11) is 0. The number of allylic oxidation sites excluding steroid dienone is 1. The molecule has 0 bridgehead atoms. The van der Waals surface area contributed by atoms with Crippen LogP contribution in [0.4, 0.5) is 0 Å². The van der Waals surface area contributed by atoms with E-state index in [-0.39, 0.29) is 11.3 Å². The molecule has 0 aromatic carbocycles. The van der Waals surface area contributed by atoms with Crippen molar-refractivity contribution in [1.82, 2.24) is 4.90 Å². The van der Waals surface area contributed by atoms with Crippen molar-refractivity contribution < 1.29 is 19.5 Å². The minimum Gasteiger partial charge on any atom is -0.480 e. The predicted octanol–water partition coefficient (Wildman–Crippen LogP) is 0.259. The zero-order chi connectivity index (χ0) is 11.9. The molecule has 2 rings (SSSR count). The van der Waals surface area contributed by atoms with Crippen LogP contribution < -0.4 is 0 Å². The minimum absolute atomic E-state index is 0.0603. The highest BCUT2D eigenvalue weighted by Gasteiger charge is 2.59. The summed E-state index contributed by atoms with van der Waals surface area (Å²) >= 11 is 1.42. The van der Waals surface area contributed by atoms with E-state index in [2.05, 4.69) is 0 Å². The number of hydrogen-bond acceptors (Lipinski definition) is 4. The van der Waals surface area contributed by atoms with Crippen LogP contribution in [0.5, 0.6) is 0 Å². The first-order valence-corrected chi connectivity index (χ1v) is 5.72. The monoisotopic (exact) mass is 241 g/mol. The Hall–Kier alpha value is -1.30. The Labute approximate surface area is 96.5 Å². The molecule has 3 atom stereocenters. The van der Waals surface area contributed by atoms with Gasteiger partial charge in [0, 0.05) is 0 Å². The number of fused-ring (bicyclic) bond motifs is 1. The van der Waals surface area contributed by atoms with Gasteiger partial charge in [-0.3, -0.25) is 9.59 Å². The largest absolute Gasteiger partial charge is 0.480 e. The summed E-state index contributed by atoms with van der Waals surface area (Å²) in [6.45, 7) is 1.74. The second kappa shape index (κ2) is 3.62. The van der Waals surface area contributed by atoms with Crippen molar-refractivity contribution >= 4 is 29.9 Å². The molecule has 0 aromatic rings. The fourth-order valence-electron chi connectivity index (χ4n) is 2.17. The molecule has 0 unspecified atom stereocenters. The molecule has 0 radical (unpaired) electrons. The van der Waals surface area contributed by atoms with Gasteiger partial charge < -0.3 is 10.0 Å². The number of aliphatic carboxylic acids is 1. The number of aldehydes is 1. The van der Waals surface area contributed by atoms with Gasteiger partial charge in [-0.2, -0.15) is 0 Å². The van der Waals surface area contributed by atoms with Gasteiger partial charge in [0.25, 0.3) is 0 Å². The van der Waals surface area contributed by atoms with E-state index >= 15 is 0 Å². The molecule has 0 aromatic heterocycles. The third kappa shape index (κ3) is 1.44. The van der Waals surface area contributed by atoms with Crippen LogP contribution in [0.25, 0.3) is 0 Å². The number of β-lactam (4-membered cyclic amide) rings is 1. The Kier molecular flexibility index (Phi) is 2.53. The zero-order valence-corrected chi connectivity index (χ0v) is 9.44. The van der Waals surface area contributed by atoms with Crippen LogP contribution >= 0.6 is 11.8 Å². The smallest absolute Gasteiger partial charge is 0.328 e. The Morgan fingerprint density at radius 1 is 1.69 bits per heavy atom. The fourth-order valence-corrected chi connectivity index (χ4v) is 3.83. The van der Waals surface area contributed by atoms with E-state index in [1.54, 1.807) is 13.0 Å². The van der Waals surface area contributed by atoms with Crippen molar-refractivity contribution in [3.05, 3.63) is 12.2 Å². The van der Waals surface area contributed by atoms with Crippen LogP contribution in [0.3, 0.4) is 0 Å². The predicted molar refractivity (Wildman–Crippen MR) is 57.9 cm³/mol. The molecule has 0 spiro atoms. The lowest BCUT2D eigenvalue weighted by Crippen LogP contribution is -2.57. The number of rotatable bonds is 3. The summed E-state index contributed by atoms with van der Waals surface area (Å²) in [5, 5.41) is 9.10. The molecule has 0 saturated carbocycles. The molecule has 5 nitrogen and oxygen atoms in total. The molecular weight excluding hydrogens is 230 g/mol. The van der Waals surface area contributed by atoms with Gasteiger partial charge >= 0.3 is 5.97 Å². The van der Waals surface area contributed by atoms with Crippen LogP contribution in [-0.2, 0) is 14.4 Å². The maximum atomic E-state index is 11.3. The molecule has 2 aliphatic rings. The maximum absolute atomic E-state index is 11.3. The normalized spacial score (nSPS) is 37.3. The number of carboxylic acids is 1. The number of thioether (sulfide) groups is 1. The van der Waals surface area contributed by atoms with E-state index in [0.29, 0.717) is 12.7 Å². The molecule has 16 heavy (non-hydrogen) atoms. The maximum Gasteiger partial charge on any atom is 0.328 e. The molecule has 0 aliphatic carbocycles. The average Bonchev–Trinajstić information content (AvgIpc) is 2.45. The highest BCUT2D eigenvalue weighted by atomic mass is 32.2. The fraction of sp³-hybridized carbons (Fsp3) is 0.500.